The molecule has 0 N–H and O–H groups in total. The molecule has 0 unspecified atom stereocenters. The summed E-state index contributed by atoms with van der Waals surface area (Å²) in [6.45, 7) is 0. The molecule has 16 heteroatoms. The summed E-state index contributed by atoms with van der Waals surface area (Å²) in [5, 5.41) is 0. The van der Waals surface area contributed by atoms with Gasteiger partial charge in [0.25, 0.3) is 0 Å². The SMILES string of the molecule is [Cl-].[Cl-].[Cl-].[Cl-].[Cl-].[Cl-].[Cl-].[Cl-].[Cl-].[Cl-].[Cl-].[Cl-].[Eu+3].[Gd+3].[Sm+3].[Tb+3]. The summed E-state index contributed by atoms with van der Waals surface area (Å²) in [6.07, 6.45) is 0. The molecule has 0 saturated heterocycles. The van der Waals surface area contributed by atoms with Gasteiger partial charge in [-0.3, -0.25) is 0 Å². The normalized spacial score (nSPS) is 0. The van der Waals surface area contributed by atoms with Crippen molar-refractivity contribution in [3.63, 3.8) is 0 Å². The molecule has 0 saturated carbocycles. The first-order chi connectivity index (χ1) is 0. The van der Waals surface area contributed by atoms with Gasteiger partial charge in [-0.05, 0) is 0 Å². The zero-order chi connectivity index (χ0) is 0. The summed E-state index contributed by atoms with van der Waals surface area (Å²) in [7, 11) is 0. The van der Waals surface area contributed by atoms with E-state index in [0.717, 1.165) is 0 Å². The molecule has 0 bridgehead atoms. The molecule has 0 aromatic heterocycles. The van der Waals surface area contributed by atoms with E-state index in [-0.39, 0.29) is 317 Å². The molecule has 0 aliphatic heterocycles. The van der Waals surface area contributed by atoms with Crippen LogP contribution in [0.25, 0.3) is 0 Å². The van der Waals surface area contributed by atoms with Crippen LogP contribution in [0.1, 0.15) is 0 Å². The maximum Gasteiger partial charge on any atom is 3.00 e. The first-order valence-electron chi connectivity index (χ1n) is 0. The zero-order valence-electron chi connectivity index (χ0n) is 6.01. The van der Waals surface area contributed by atoms with Crippen LogP contribution in [0.2, 0.25) is 0 Å². The van der Waals surface area contributed by atoms with Crippen LogP contribution in [0.3, 0.4) is 0 Å². The summed E-state index contributed by atoms with van der Waals surface area (Å²) in [4.78, 5) is 0. The van der Waals surface area contributed by atoms with Gasteiger partial charge in [-0.25, -0.2) is 0 Å². The van der Waals surface area contributed by atoms with Crippen LogP contribution in [0.4, 0.5) is 0 Å². The minimum atomic E-state index is 0. The van der Waals surface area contributed by atoms with E-state index in [1.165, 1.54) is 0 Å². The molecule has 0 aliphatic rings. The fourth-order valence-corrected chi connectivity index (χ4v) is 0. The molecule has 0 aliphatic carbocycles. The molecule has 0 heterocycles. The van der Waals surface area contributed by atoms with E-state index in [4.69, 9.17) is 0 Å². The second-order valence-corrected chi connectivity index (χ2v) is 0. The van der Waals surface area contributed by atoms with Crippen molar-refractivity contribution in [3.05, 3.63) is 0 Å². The van der Waals surface area contributed by atoms with E-state index in [9.17, 15) is 0 Å². The Balaban J connectivity index is 0. The van der Waals surface area contributed by atoms with Crippen molar-refractivity contribution in [1.29, 1.82) is 0 Å². The minimum Gasteiger partial charge on any atom is -1.00 e. The molecule has 0 nitrogen and oxygen atoms in total. The van der Waals surface area contributed by atoms with Gasteiger partial charge in [0.1, 0.15) is 0 Å². The Bertz CT molecular complexity index is 21.0. The van der Waals surface area contributed by atoms with Crippen molar-refractivity contribution in [2.75, 3.05) is 0 Å². The van der Waals surface area contributed by atoms with Gasteiger partial charge in [0.05, 0.1) is 0 Å². The largest absolute Gasteiger partial charge is 3.00 e. The molecule has 2 radical (unpaired) electrons. The van der Waals surface area contributed by atoms with Gasteiger partial charge in [0.2, 0.25) is 0 Å². The van der Waals surface area contributed by atoms with Crippen LogP contribution in [0.15, 0.2) is 0 Å². The Morgan fingerprint density at radius 1 is 0.312 bits per heavy atom. The standard InChI is InChI=1S/12ClH.Eu.Gd.Sm.Tb/h12*1H;;;;/q;;;;;;;;;;;;4*+3/p-12. The van der Waals surface area contributed by atoms with Crippen molar-refractivity contribution in [1.82, 2.24) is 0 Å². The van der Waals surface area contributed by atoms with Crippen molar-refractivity contribution >= 4 is 0 Å². The first-order valence-corrected chi connectivity index (χ1v) is 0. The number of halogens is 12. The average molecular weight is 1040 g/mol. The number of hydrogen-bond donors (Lipinski definition) is 0. The van der Waals surface area contributed by atoms with Crippen molar-refractivity contribution < 1.29 is 317 Å². The number of rotatable bonds is 0. The molecule has 16 heavy (non-hydrogen) atoms. The Kier molecular flexibility index (Phi) is 1740. The van der Waals surface area contributed by atoms with Crippen LogP contribution in [0, 0.1) is 168 Å². The Morgan fingerprint density at radius 2 is 0.312 bits per heavy atom. The third kappa shape index (κ3) is 137. The van der Waals surface area contributed by atoms with Crippen LogP contribution < -0.4 is 149 Å². The fraction of sp³-hybridized carbons (Fsp3) is 0. The van der Waals surface area contributed by atoms with E-state index in [1.54, 1.807) is 0 Å². The van der Waals surface area contributed by atoms with Crippen molar-refractivity contribution in [3.8, 4) is 0 Å². The summed E-state index contributed by atoms with van der Waals surface area (Å²) in [5.41, 5.74) is 0. The molecule has 0 atom stereocenters. The van der Waals surface area contributed by atoms with E-state index in [2.05, 4.69) is 0 Å². The predicted molar refractivity (Wildman–Crippen MR) is 0 cm³/mol. The summed E-state index contributed by atoms with van der Waals surface area (Å²) in [6, 6.07) is 0. The van der Waals surface area contributed by atoms with Gasteiger partial charge in [-0.2, -0.15) is 0 Å². The molecular weight excluding hydrogens is 1040 g/mol. The van der Waals surface area contributed by atoms with E-state index in [0.29, 0.717) is 0 Å². The van der Waals surface area contributed by atoms with Gasteiger partial charge in [-0.1, -0.05) is 0 Å². The molecule has 0 aromatic carbocycles. The minimum absolute atomic E-state index is 0. The summed E-state index contributed by atoms with van der Waals surface area (Å²) < 4.78 is 0. The monoisotopic (exact) mass is 1040 g/mol. The second kappa shape index (κ2) is 157. The number of hydrogen-bond acceptors (Lipinski definition) is 0. The third-order valence-corrected chi connectivity index (χ3v) is 0. The van der Waals surface area contributed by atoms with Gasteiger partial charge < -0.3 is 149 Å². The summed E-state index contributed by atoms with van der Waals surface area (Å²) in [5.74, 6) is 0. The van der Waals surface area contributed by atoms with Crippen molar-refractivity contribution in [2.45, 2.75) is 0 Å². The smallest absolute Gasteiger partial charge is 1.00 e. The maximum absolute atomic E-state index is 0. The molecule has 0 rings (SSSR count). The van der Waals surface area contributed by atoms with E-state index in [1.807, 2.05) is 0 Å². The van der Waals surface area contributed by atoms with Crippen LogP contribution in [-0.4, -0.2) is 0 Å². The van der Waals surface area contributed by atoms with E-state index >= 15 is 0 Å². The second-order valence-electron chi connectivity index (χ2n) is 0. The quantitative estimate of drug-likeness (QED) is 0.227. The Hall–Kier alpha value is 9.01. The molecular formula is Cl12EuGdSmTb. The van der Waals surface area contributed by atoms with Gasteiger partial charge in [0, 0.05) is 0 Å². The maximum atomic E-state index is 0. The van der Waals surface area contributed by atoms with Crippen LogP contribution >= 0.6 is 0 Å². The Labute approximate surface area is 308 Å². The molecule has 0 aromatic rings. The summed E-state index contributed by atoms with van der Waals surface area (Å²) >= 11 is 0. The van der Waals surface area contributed by atoms with Gasteiger partial charge in [-0.15, -0.1) is 0 Å². The van der Waals surface area contributed by atoms with E-state index < -0.39 is 0 Å². The topological polar surface area (TPSA) is 0 Å². The molecule has 0 amide bonds. The Morgan fingerprint density at radius 3 is 0.312 bits per heavy atom. The van der Waals surface area contributed by atoms with Crippen molar-refractivity contribution in [2.24, 2.45) is 0 Å². The van der Waals surface area contributed by atoms with Gasteiger partial charge >= 0.3 is 168 Å². The predicted octanol–water partition coefficient (Wildman–Crippen LogP) is -36.0. The van der Waals surface area contributed by atoms with Crippen LogP contribution in [-0.2, 0) is 0 Å². The molecule has 0 fully saturated rings. The molecule has 114 valence electrons. The first kappa shape index (κ1) is 178. The third-order valence-electron chi connectivity index (χ3n) is 0. The average Bonchev–Trinajstić information content (AvgIpc) is 0. The fourth-order valence-electron chi connectivity index (χ4n) is 0. The van der Waals surface area contributed by atoms with Gasteiger partial charge in [0.15, 0.2) is 0 Å². The zero-order valence-corrected chi connectivity index (χ0v) is 24.5. The van der Waals surface area contributed by atoms with Crippen LogP contribution in [0.5, 0.6) is 0 Å². The molecule has 0 spiro atoms.